The van der Waals surface area contributed by atoms with Gasteiger partial charge in [0.15, 0.2) is 0 Å². The van der Waals surface area contributed by atoms with E-state index in [1.165, 1.54) is 0 Å². The maximum atomic E-state index is 12.7. The molecule has 0 bridgehead atoms. The number of aromatic nitrogens is 2. The van der Waals surface area contributed by atoms with E-state index in [1.54, 1.807) is 11.6 Å². The van der Waals surface area contributed by atoms with Crippen molar-refractivity contribution in [3.8, 4) is 0 Å². The maximum absolute atomic E-state index is 12.7. The third kappa shape index (κ3) is 3.68. The van der Waals surface area contributed by atoms with Gasteiger partial charge in [0.05, 0.1) is 24.2 Å². The molecule has 0 unspecified atom stereocenters. The molecule has 6 heteroatoms. The summed E-state index contributed by atoms with van der Waals surface area (Å²) in [5, 5.41) is 0. The molecule has 1 atom stereocenters. The van der Waals surface area contributed by atoms with Crippen molar-refractivity contribution < 1.29 is 9.53 Å². The average Bonchev–Trinajstić information content (AvgIpc) is 2.76. The molecule has 1 amide bonds. The first-order valence-corrected chi connectivity index (χ1v) is 9.52. The summed E-state index contributed by atoms with van der Waals surface area (Å²) in [6, 6.07) is 17.5. The Bertz CT molecular complexity index is 1050. The molecule has 0 saturated carbocycles. The van der Waals surface area contributed by atoms with E-state index in [0.29, 0.717) is 31.8 Å². The van der Waals surface area contributed by atoms with Gasteiger partial charge in [0.1, 0.15) is 11.8 Å². The molecular weight excluding hydrogens is 354 g/mol. The average molecular weight is 377 g/mol. The van der Waals surface area contributed by atoms with Crippen molar-refractivity contribution in [3.63, 3.8) is 0 Å². The van der Waals surface area contributed by atoms with Crippen molar-refractivity contribution in [2.45, 2.75) is 18.9 Å². The van der Waals surface area contributed by atoms with Crippen molar-refractivity contribution in [2.24, 2.45) is 7.05 Å². The molecule has 0 N–H and O–H groups in total. The smallest absolute Gasteiger partial charge is 0.272 e. The molecule has 1 aliphatic rings. The van der Waals surface area contributed by atoms with Crippen LogP contribution in [0.3, 0.4) is 0 Å². The van der Waals surface area contributed by atoms with Gasteiger partial charge in [0, 0.05) is 26.4 Å². The Balaban J connectivity index is 1.45. The lowest BCUT2D eigenvalue weighted by atomic mass is 10.1. The van der Waals surface area contributed by atoms with E-state index in [2.05, 4.69) is 4.98 Å². The van der Waals surface area contributed by atoms with E-state index in [4.69, 9.17) is 4.74 Å². The molecule has 28 heavy (non-hydrogen) atoms. The number of aryl methyl sites for hydroxylation is 2. The first-order chi connectivity index (χ1) is 13.6. The predicted molar refractivity (Wildman–Crippen MR) is 107 cm³/mol. The molecule has 1 fully saturated rings. The molecule has 0 aliphatic carbocycles. The van der Waals surface area contributed by atoms with Crippen molar-refractivity contribution in [1.29, 1.82) is 0 Å². The van der Waals surface area contributed by atoms with Crippen LogP contribution in [-0.2, 0) is 23.0 Å². The Morgan fingerprint density at radius 3 is 2.71 bits per heavy atom. The number of hydrogen-bond donors (Lipinski definition) is 0. The number of carbonyl (C=O) groups is 1. The first kappa shape index (κ1) is 18.4. The zero-order valence-electron chi connectivity index (χ0n) is 15.9. The number of nitrogens with zero attached hydrogens (tertiary/aromatic N) is 3. The standard InChI is InChI=1S/C22H23N3O3/c1-24-19-10-6-5-9-17(19)23-18(22(24)27)11-12-21(26)25-13-14-28-20(15-25)16-7-3-2-4-8-16/h2-10,20H,11-15H2,1H3/t20-/m1/s1. The Hall–Kier alpha value is -2.99. The van der Waals surface area contributed by atoms with E-state index in [1.807, 2.05) is 59.5 Å². The Labute approximate surface area is 163 Å². The third-order valence-corrected chi connectivity index (χ3v) is 5.22. The fraction of sp³-hybridized carbons (Fsp3) is 0.318. The number of benzene rings is 2. The highest BCUT2D eigenvalue weighted by atomic mass is 16.5. The minimum absolute atomic E-state index is 0.0289. The molecule has 3 aromatic rings. The van der Waals surface area contributed by atoms with Crippen LogP contribution in [0.2, 0.25) is 0 Å². The number of ether oxygens (including phenoxy) is 1. The number of fused-ring (bicyclic) bond motifs is 1. The van der Waals surface area contributed by atoms with Gasteiger partial charge in [-0.25, -0.2) is 4.98 Å². The molecule has 1 aliphatic heterocycles. The second-order valence-electron chi connectivity index (χ2n) is 7.02. The van der Waals surface area contributed by atoms with Crippen molar-refractivity contribution in [3.05, 3.63) is 76.2 Å². The van der Waals surface area contributed by atoms with E-state index >= 15 is 0 Å². The van der Waals surface area contributed by atoms with Gasteiger partial charge < -0.3 is 14.2 Å². The van der Waals surface area contributed by atoms with Gasteiger partial charge >= 0.3 is 0 Å². The molecule has 144 valence electrons. The molecule has 1 saturated heterocycles. The largest absolute Gasteiger partial charge is 0.370 e. The molecule has 6 nitrogen and oxygen atoms in total. The number of carbonyl (C=O) groups excluding carboxylic acids is 1. The van der Waals surface area contributed by atoms with E-state index in [9.17, 15) is 9.59 Å². The highest BCUT2D eigenvalue weighted by Gasteiger charge is 2.25. The molecule has 0 spiro atoms. The van der Waals surface area contributed by atoms with Crippen LogP contribution in [0.1, 0.15) is 23.8 Å². The summed E-state index contributed by atoms with van der Waals surface area (Å²) in [6.07, 6.45) is 0.497. The van der Waals surface area contributed by atoms with Gasteiger partial charge in [0.25, 0.3) is 5.56 Å². The van der Waals surface area contributed by atoms with Gasteiger partial charge in [0.2, 0.25) is 5.91 Å². The molecule has 0 radical (unpaired) electrons. The van der Waals surface area contributed by atoms with E-state index < -0.39 is 0 Å². The van der Waals surface area contributed by atoms with Crippen LogP contribution in [0.5, 0.6) is 0 Å². The lowest BCUT2D eigenvalue weighted by Gasteiger charge is -2.33. The lowest BCUT2D eigenvalue weighted by Crippen LogP contribution is -2.42. The summed E-state index contributed by atoms with van der Waals surface area (Å²) in [6.45, 7) is 1.62. The summed E-state index contributed by atoms with van der Waals surface area (Å²) in [7, 11) is 1.74. The fourth-order valence-corrected chi connectivity index (χ4v) is 3.63. The van der Waals surface area contributed by atoms with Crippen LogP contribution in [-0.4, -0.2) is 40.1 Å². The lowest BCUT2D eigenvalue weighted by molar-refractivity contribution is -0.139. The topological polar surface area (TPSA) is 64.4 Å². The summed E-state index contributed by atoms with van der Waals surface area (Å²) in [4.78, 5) is 31.6. The number of para-hydroxylation sites is 2. The van der Waals surface area contributed by atoms with Gasteiger partial charge in [-0.15, -0.1) is 0 Å². The third-order valence-electron chi connectivity index (χ3n) is 5.22. The number of rotatable bonds is 4. The predicted octanol–water partition coefficient (Wildman–Crippen LogP) is 2.47. The highest BCUT2D eigenvalue weighted by Crippen LogP contribution is 2.22. The molecule has 2 heterocycles. The van der Waals surface area contributed by atoms with Crippen LogP contribution < -0.4 is 5.56 Å². The van der Waals surface area contributed by atoms with Crippen LogP contribution >= 0.6 is 0 Å². The van der Waals surface area contributed by atoms with E-state index in [-0.39, 0.29) is 24.0 Å². The van der Waals surface area contributed by atoms with Crippen LogP contribution in [0, 0.1) is 0 Å². The molecule has 4 rings (SSSR count). The first-order valence-electron chi connectivity index (χ1n) is 9.52. The summed E-state index contributed by atoms with van der Waals surface area (Å²) in [5.41, 5.74) is 2.92. The second kappa shape index (κ2) is 7.94. The van der Waals surface area contributed by atoms with Crippen LogP contribution in [0.25, 0.3) is 11.0 Å². The summed E-state index contributed by atoms with van der Waals surface area (Å²) >= 11 is 0. The minimum Gasteiger partial charge on any atom is -0.370 e. The van der Waals surface area contributed by atoms with E-state index in [0.717, 1.165) is 16.6 Å². The van der Waals surface area contributed by atoms with Gasteiger partial charge in [-0.1, -0.05) is 42.5 Å². The maximum Gasteiger partial charge on any atom is 0.272 e. The summed E-state index contributed by atoms with van der Waals surface area (Å²) < 4.78 is 7.43. The van der Waals surface area contributed by atoms with Gasteiger partial charge in [-0.2, -0.15) is 0 Å². The minimum atomic E-state index is -0.143. The Morgan fingerprint density at radius 1 is 1.14 bits per heavy atom. The quantitative estimate of drug-likeness (QED) is 0.701. The zero-order valence-corrected chi connectivity index (χ0v) is 15.9. The zero-order chi connectivity index (χ0) is 19.5. The monoisotopic (exact) mass is 377 g/mol. The number of hydrogen-bond acceptors (Lipinski definition) is 4. The fourth-order valence-electron chi connectivity index (χ4n) is 3.63. The van der Waals surface area contributed by atoms with Crippen molar-refractivity contribution in [1.82, 2.24) is 14.5 Å². The Kier molecular flexibility index (Phi) is 5.21. The molecular formula is C22H23N3O3. The van der Waals surface area contributed by atoms with Crippen LogP contribution in [0.15, 0.2) is 59.4 Å². The SMILES string of the molecule is Cn1c(=O)c(CCC(=O)N2CCO[C@@H](c3ccccc3)C2)nc2ccccc21. The molecule has 1 aromatic heterocycles. The highest BCUT2D eigenvalue weighted by molar-refractivity contribution is 5.77. The summed E-state index contributed by atoms with van der Waals surface area (Å²) in [5.74, 6) is 0.0289. The van der Waals surface area contributed by atoms with Crippen molar-refractivity contribution in [2.75, 3.05) is 19.7 Å². The Morgan fingerprint density at radius 2 is 1.89 bits per heavy atom. The van der Waals surface area contributed by atoms with Crippen LogP contribution in [0.4, 0.5) is 0 Å². The normalized spacial score (nSPS) is 17.0. The van der Waals surface area contributed by atoms with Gasteiger partial charge in [-0.3, -0.25) is 9.59 Å². The number of morpholine rings is 1. The molecule has 2 aromatic carbocycles. The number of amides is 1. The second-order valence-corrected chi connectivity index (χ2v) is 7.02. The van der Waals surface area contributed by atoms with Crippen molar-refractivity contribution >= 4 is 16.9 Å². The van der Waals surface area contributed by atoms with Gasteiger partial charge in [-0.05, 0) is 17.7 Å².